The fraction of sp³-hybridized carbons (Fsp3) is 0.917. The van der Waals surface area contributed by atoms with Crippen LogP contribution in [-0.4, -0.2) is 43.0 Å². The van der Waals surface area contributed by atoms with Crippen LogP contribution in [0.25, 0.3) is 0 Å². The van der Waals surface area contributed by atoms with E-state index in [4.69, 9.17) is 5.73 Å². The van der Waals surface area contributed by atoms with Crippen molar-refractivity contribution in [3.05, 3.63) is 0 Å². The van der Waals surface area contributed by atoms with Gasteiger partial charge in [0.15, 0.2) is 0 Å². The first-order chi connectivity index (χ1) is 7.52. The summed E-state index contributed by atoms with van der Waals surface area (Å²) in [6.45, 7) is 2.66. The van der Waals surface area contributed by atoms with Gasteiger partial charge < -0.3 is 16.0 Å². The summed E-state index contributed by atoms with van der Waals surface area (Å²) in [6, 6.07) is -0.361. The van der Waals surface area contributed by atoms with Crippen LogP contribution in [0.15, 0.2) is 0 Å². The lowest BCUT2D eigenvalue weighted by Gasteiger charge is -2.36. The molecular formula is C12H25N3O. The summed E-state index contributed by atoms with van der Waals surface area (Å²) in [5.74, 6) is -0.0179. The summed E-state index contributed by atoms with van der Waals surface area (Å²) in [7, 11) is 4.19. The minimum absolute atomic E-state index is 0.0179. The number of amides is 1. The van der Waals surface area contributed by atoms with E-state index >= 15 is 0 Å². The van der Waals surface area contributed by atoms with E-state index in [0.29, 0.717) is 6.42 Å². The van der Waals surface area contributed by atoms with Crippen molar-refractivity contribution in [3.63, 3.8) is 0 Å². The van der Waals surface area contributed by atoms with Gasteiger partial charge in [-0.2, -0.15) is 0 Å². The van der Waals surface area contributed by atoms with E-state index in [9.17, 15) is 4.79 Å². The first-order valence-corrected chi connectivity index (χ1v) is 6.22. The topological polar surface area (TPSA) is 58.4 Å². The maximum Gasteiger partial charge on any atom is 0.236 e. The minimum atomic E-state index is -0.361. The number of carbonyl (C=O) groups is 1. The molecule has 3 N–H and O–H groups in total. The number of nitrogens with zero attached hydrogens (tertiary/aromatic N) is 1. The van der Waals surface area contributed by atoms with E-state index in [1.165, 1.54) is 25.7 Å². The summed E-state index contributed by atoms with van der Waals surface area (Å²) in [4.78, 5) is 13.9. The van der Waals surface area contributed by atoms with Crippen molar-refractivity contribution in [2.75, 3.05) is 20.6 Å². The van der Waals surface area contributed by atoms with Gasteiger partial charge in [-0.15, -0.1) is 0 Å². The zero-order chi connectivity index (χ0) is 12.2. The molecule has 0 spiro atoms. The summed E-state index contributed by atoms with van der Waals surface area (Å²) < 4.78 is 0. The van der Waals surface area contributed by atoms with Crippen LogP contribution in [0.3, 0.4) is 0 Å². The number of nitrogens with two attached hydrogens (primary N) is 1. The second-order valence-electron chi connectivity index (χ2n) is 5.06. The predicted molar refractivity (Wildman–Crippen MR) is 66.2 cm³/mol. The lowest BCUT2D eigenvalue weighted by atomic mass is 9.96. The minimum Gasteiger partial charge on any atom is -0.353 e. The van der Waals surface area contributed by atoms with Crippen molar-refractivity contribution in [2.45, 2.75) is 50.6 Å². The highest BCUT2D eigenvalue weighted by Crippen LogP contribution is 2.33. The van der Waals surface area contributed by atoms with Crippen LogP contribution in [0.4, 0.5) is 0 Å². The monoisotopic (exact) mass is 227 g/mol. The third-order valence-corrected chi connectivity index (χ3v) is 3.85. The van der Waals surface area contributed by atoms with Crippen LogP contribution in [0, 0.1) is 0 Å². The van der Waals surface area contributed by atoms with Crippen LogP contribution in [0.5, 0.6) is 0 Å². The average Bonchev–Trinajstić information content (AvgIpc) is 2.74. The molecule has 0 bridgehead atoms. The van der Waals surface area contributed by atoms with Gasteiger partial charge >= 0.3 is 0 Å². The Morgan fingerprint density at radius 3 is 2.44 bits per heavy atom. The normalized spacial score (nSPS) is 21.1. The molecule has 1 atom stereocenters. The van der Waals surface area contributed by atoms with Crippen LogP contribution >= 0.6 is 0 Å². The molecule has 4 heteroatoms. The van der Waals surface area contributed by atoms with E-state index in [1.807, 2.05) is 6.92 Å². The number of hydrogen-bond donors (Lipinski definition) is 2. The summed E-state index contributed by atoms with van der Waals surface area (Å²) >= 11 is 0. The van der Waals surface area contributed by atoms with Gasteiger partial charge in [0.1, 0.15) is 0 Å². The molecule has 94 valence electrons. The Bertz CT molecular complexity index is 234. The van der Waals surface area contributed by atoms with Gasteiger partial charge in [0, 0.05) is 12.1 Å². The molecule has 16 heavy (non-hydrogen) atoms. The Hall–Kier alpha value is -0.610. The molecule has 0 radical (unpaired) electrons. The van der Waals surface area contributed by atoms with Crippen molar-refractivity contribution in [3.8, 4) is 0 Å². The standard InChI is InChI=1S/C12H25N3O/c1-4-10(13)11(16)14-9-12(15(2)3)7-5-6-8-12/h10H,4-9,13H2,1-3H3,(H,14,16)/t10-/m0/s1. The molecule has 4 nitrogen and oxygen atoms in total. The summed E-state index contributed by atoms with van der Waals surface area (Å²) in [5, 5.41) is 2.99. The number of likely N-dealkylation sites (N-methyl/N-ethyl adjacent to an activating group) is 1. The Labute approximate surface area is 98.6 Å². The first-order valence-electron chi connectivity index (χ1n) is 6.22. The van der Waals surface area contributed by atoms with E-state index in [0.717, 1.165) is 6.54 Å². The third-order valence-electron chi connectivity index (χ3n) is 3.85. The van der Waals surface area contributed by atoms with Crippen LogP contribution in [0.2, 0.25) is 0 Å². The van der Waals surface area contributed by atoms with Gasteiger partial charge in [-0.1, -0.05) is 19.8 Å². The molecule has 0 aromatic heterocycles. The molecule has 1 saturated carbocycles. The highest BCUT2D eigenvalue weighted by molar-refractivity contribution is 5.81. The molecule has 0 heterocycles. The molecule has 1 amide bonds. The first kappa shape index (κ1) is 13.5. The van der Waals surface area contributed by atoms with Crippen LogP contribution in [-0.2, 0) is 4.79 Å². The highest BCUT2D eigenvalue weighted by atomic mass is 16.2. The molecule has 1 rings (SSSR count). The van der Waals surface area contributed by atoms with E-state index in [2.05, 4.69) is 24.3 Å². The van der Waals surface area contributed by atoms with Gasteiger partial charge in [0.2, 0.25) is 5.91 Å². The van der Waals surface area contributed by atoms with Crippen molar-refractivity contribution in [2.24, 2.45) is 5.73 Å². The van der Waals surface area contributed by atoms with Gasteiger partial charge in [-0.05, 0) is 33.4 Å². The Morgan fingerprint density at radius 1 is 1.44 bits per heavy atom. The van der Waals surface area contributed by atoms with Gasteiger partial charge in [-0.25, -0.2) is 0 Å². The molecule has 0 aromatic carbocycles. The highest BCUT2D eigenvalue weighted by Gasteiger charge is 2.36. The third kappa shape index (κ3) is 2.95. The molecule has 0 saturated heterocycles. The smallest absolute Gasteiger partial charge is 0.236 e. The summed E-state index contributed by atoms with van der Waals surface area (Å²) in [5.41, 5.74) is 5.85. The summed E-state index contributed by atoms with van der Waals surface area (Å²) in [6.07, 6.45) is 5.55. The largest absolute Gasteiger partial charge is 0.353 e. The van der Waals surface area contributed by atoms with Gasteiger partial charge in [0.25, 0.3) is 0 Å². The van der Waals surface area contributed by atoms with Crippen molar-refractivity contribution >= 4 is 5.91 Å². The van der Waals surface area contributed by atoms with E-state index in [-0.39, 0.29) is 17.5 Å². The van der Waals surface area contributed by atoms with E-state index < -0.39 is 0 Å². The van der Waals surface area contributed by atoms with Crippen molar-refractivity contribution in [1.82, 2.24) is 10.2 Å². The molecule has 0 aliphatic heterocycles. The maximum absolute atomic E-state index is 11.6. The number of rotatable bonds is 5. The lowest BCUT2D eigenvalue weighted by Crippen LogP contribution is -2.53. The molecular weight excluding hydrogens is 202 g/mol. The number of carbonyl (C=O) groups excluding carboxylic acids is 1. The predicted octanol–water partition coefficient (Wildman–Crippen LogP) is 0.714. The molecule has 1 fully saturated rings. The van der Waals surface area contributed by atoms with Crippen molar-refractivity contribution < 1.29 is 4.79 Å². The SMILES string of the molecule is CC[C@H](N)C(=O)NCC1(N(C)C)CCCC1. The number of hydrogen-bond acceptors (Lipinski definition) is 3. The average molecular weight is 227 g/mol. The maximum atomic E-state index is 11.6. The van der Waals surface area contributed by atoms with Crippen LogP contribution in [0.1, 0.15) is 39.0 Å². The second-order valence-corrected chi connectivity index (χ2v) is 5.06. The Balaban J connectivity index is 2.48. The van der Waals surface area contributed by atoms with Crippen molar-refractivity contribution in [1.29, 1.82) is 0 Å². The quantitative estimate of drug-likeness (QED) is 0.727. The van der Waals surface area contributed by atoms with E-state index in [1.54, 1.807) is 0 Å². The lowest BCUT2D eigenvalue weighted by molar-refractivity contribution is -0.123. The fourth-order valence-corrected chi connectivity index (χ4v) is 2.38. The zero-order valence-corrected chi connectivity index (χ0v) is 10.8. The second kappa shape index (κ2) is 5.64. The van der Waals surface area contributed by atoms with Gasteiger partial charge in [-0.3, -0.25) is 4.79 Å². The Kier molecular flexibility index (Phi) is 4.74. The molecule has 1 aliphatic carbocycles. The fourth-order valence-electron chi connectivity index (χ4n) is 2.38. The zero-order valence-electron chi connectivity index (χ0n) is 10.8. The van der Waals surface area contributed by atoms with Crippen LogP contribution < -0.4 is 11.1 Å². The molecule has 1 aliphatic rings. The number of nitrogens with one attached hydrogen (secondary N) is 1. The van der Waals surface area contributed by atoms with Gasteiger partial charge in [0.05, 0.1) is 6.04 Å². The Morgan fingerprint density at radius 2 is 2.00 bits per heavy atom. The molecule has 0 aromatic rings. The molecule has 0 unspecified atom stereocenters.